The van der Waals surface area contributed by atoms with Crippen molar-refractivity contribution in [2.24, 2.45) is 0 Å². The molecule has 0 aliphatic rings. The summed E-state index contributed by atoms with van der Waals surface area (Å²) in [6.07, 6.45) is 5.83. The van der Waals surface area contributed by atoms with Crippen molar-refractivity contribution >= 4 is 16.5 Å². The molecule has 0 aromatic rings. The Bertz CT molecular complexity index is 23.4. The zero-order chi connectivity index (χ0) is 5.54. The van der Waals surface area contributed by atoms with E-state index in [1.54, 1.807) is 5.25 Å². The molecule has 44 valence electrons. The van der Waals surface area contributed by atoms with Crippen LogP contribution >= 0.6 is 0 Å². The molecule has 0 aliphatic heterocycles. The van der Waals surface area contributed by atoms with Crippen LogP contribution in [0.25, 0.3) is 0 Å². The topological polar surface area (TPSA) is 0 Å². The fourth-order valence-electron chi connectivity index (χ4n) is 0.677. The first-order valence-electron chi connectivity index (χ1n) is 3.41. The van der Waals surface area contributed by atoms with Gasteiger partial charge in [-0.15, -0.1) is 0 Å². The third-order valence-electron chi connectivity index (χ3n) is 1.21. The second-order valence-corrected chi connectivity index (χ2v) is 4.16. The molecule has 0 spiro atoms. The van der Waals surface area contributed by atoms with Gasteiger partial charge in [-0.05, 0) is 0 Å². The van der Waals surface area contributed by atoms with E-state index in [9.17, 15) is 0 Å². The van der Waals surface area contributed by atoms with Crippen molar-refractivity contribution in [3.05, 3.63) is 0 Å². The normalized spacial score (nSPS) is 9.86. The summed E-state index contributed by atoms with van der Waals surface area (Å²) in [5.74, 6) is 0. The zero-order valence-corrected chi connectivity index (χ0v) is 9.73. The molecule has 0 atom stereocenters. The van der Waals surface area contributed by atoms with E-state index in [0.717, 1.165) is 16.5 Å². The van der Waals surface area contributed by atoms with Gasteiger partial charge in [0.2, 0.25) is 0 Å². The zero-order valence-electron chi connectivity index (χ0n) is 5.54. The Kier molecular flexibility index (Phi) is 7.05. The van der Waals surface area contributed by atoms with Gasteiger partial charge in [-0.3, -0.25) is 0 Å². The van der Waals surface area contributed by atoms with E-state index in [4.69, 9.17) is 0 Å². The van der Waals surface area contributed by atoms with Gasteiger partial charge >= 0.3 is 54.4 Å². The predicted molar refractivity (Wildman–Crippen MR) is 38.9 cm³/mol. The van der Waals surface area contributed by atoms with Crippen LogP contribution in [0, 0.1) is 0 Å². The van der Waals surface area contributed by atoms with Crippen molar-refractivity contribution in [2.45, 2.75) is 37.9 Å². The Morgan fingerprint density at radius 2 is 1.86 bits per heavy atom. The van der Waals surface area contributed by atoms with E-state index in [1.807, 2.05) is 0 Å². The summed E-state index contributed by atoms with van der Waals surface area (Å²) in [7, 11) is 0. The van der Waals surface area contributed by atoms with E-state index in [2.05, 4.69) is 6.92 Å². The first-order valence-corrected chi connectivity index (χ1v) is 6.38. The van der Waals surface area contributed by atoms with Crippen molar-refractivity contribution < 1.29 is 0 Å². The van der Waals surface area contributed by atoms with Crippen LogP contribution in [-0.4, -0.2) is 16.5 Å². The van der Waals surface area contributed by atoms with Crippen LogP contribution < -0.4 is 0 Å². The van der Waals surface area contributed by atoms with Crippen molar-refractivity contribution in [3.8, 4) is 0 Å². The molecule has 0 radical (unpaired) electrons. The van der Waals surface area contributed by atoms with Crippen molar-refractivity contribution in [3.63, 3.8) is 0 Å². The quantitative estimate of drug-likeness (QED) is 0.431. The molecule has 0 fully saturated rings. The van der Waals surface area contributed by atoms with E-state index < -0.39 is 0 Å². The molecule has 7 heavy (non-hydrogen) atoms. The average molecular weight is 161 g/mol. The van der Waals surface area contributed by atoms with Gasteiger partial charge in [0.15, 0.2) is 0 Å². The molecule has 0 unspecified atom stereocenters. The summed E-state index contributed by atoms with van der Waals surface area (Å²) >= 11 is 1.11. The summed E-state index contributed by atoms with van der Waals surface area (Å²) in [5, 5.41) is 1.55. The fraction of sp³-hybridized carbons (Fsp3) is 1.00. The van der Waals surface area contributed by atoms with Crippen LogP contribution in [-0.2, 0) is 0 Å². The number of hydrogen-bond acceptors (Lipinski definition) is 0. The molecule has 0 aromatic carbocycles. The van der Waals surface area contributed by atoms with Crippen LogP contribution in [0.1, 0.15) is 32.6 Å². The fourth-order valence-corrected chi connectivity index (χ4v) is 1.73. The third kappa shape index (κ3) is 6.54. The van der Waals surface area contributed by atoms with Crippen molar-refractivity contribution in [2.75, 3.05) is 0 Å². The SMILES string of the molecule is CCCCC[CH2][GeH3]. The van der Waals surface area contributed by atoms with Gasteiger partial charge in [0.05, 0.1) is 0 Å². The van der Waals surface area contributed by atoms with Gasteiger partial charge in [-0.25, -0.2) is 0 Å². The second kappa shape index (κ2) is 6.54. The molecule has 0 nitrogen and oxygen atoms in total. The van der Waals surface area contributed by atoms with Gasteiger partial charge in [-0.1, -0.05) is 0 Å². The number of rotatable bonds is 4. The van der Waals surface area contributed by atoms with Gasteiger partial charge in [0.25, 0.3) is 0 Å². The maximum atomic E-state index is 2.26. The van der Waals surface area contributed by atoms with Crippen LogP contribution in [0.15, 0.2) is 0 Å². The Morgan fingerprint density at radius 1 is 1.14 bits per heavy atom. The van der Waals surface area contributed by atoms with E-state index in [-0.39, 0.29) is 0 Å². The van der Waals surface area contributed by atoms with Gasteiger partial charge in [-0.2, -0.15) is 0 Å². The summed E-state index contributed by atoms with van der Waals surface area (Å²) in [6, 6.07) is 0. The van der Waals surface area contributed by atoms with Gasteiger partial charge in [0.1, 0.15) is 0 Å². The molecule has 0 heterocycles. The monoisotopic (exact) mass is 162 g/mol. The molecule has 0 saturated carbocycles. The number of hydrogen-bond donors (Lipinski definition) is 0. The summed E-state index contributed by atoms with van der Waals surface area (Å²) in [6.45, 7) is 2.26. The summed E-state index contributed by atoms with van der Waals surface area (Å²) in [5.41, 5.74) is 0. The molecular formula is C6H16Ge. The second-order valence-electron chi connectivity index (χ2n) is 2.06. The molecule has 0 saturated heterocycles. The van der Waals surface area contributed by atoms with Gasteiger partial charge < -0.3 is 0 Å². The minimum atomic E-state index is 1.11. The average Bonchev–Trinajstić information content (AvgIpc) is 1.69. The van der Waals surface area contributed by atoms with Crippen molar-refractivity contribution in [1.29, 1.82) is 0 Å². The van der Waals surface area contributed by atoms with E-state index in [1.165, 1.54) is 25.7 Å². The molecule has 0 rings (SSSR count). The molecule has 0 amide bonds. The van der Waals surface area contributed by atoms with Crippen LogP contribution in [0.3, 0.4) is 0 Å². The first-order chi connectivity index (χ1) is 3.41. The molecule has 0 N–H and O–H groups in total. The Hall–Kier alpha value is 0.543. The minimum absolute atomic E-state index is 1.11. The molecule has 0 bridgehead atoms. The summed E-state index contributed by atoms with van der Waals surface area (Å²) in [4.78, 5) is 0. The maximum absolute atomic E-state index is 2.26. The molecule has 0 aliphatic carbocycles. The number of unbranched alkanes of at least 4 members (excludes halogenated alkanes) is 3. The van der Waals surface area contributed by atoms with E-state index in [0.29, 0.717) is 0 Å². The third-order valence-corrected chi connectivity index (χ3v) is 2.69. The Labute approximate surface area is 54.9 Å². The van der Waals surface area contributed by atoms with Crippen LogP contribution in [0.4, 0.5) is 0 Å². The van der Waals surface area contributed by atoms with Crippen LogP contribution in [0.5, 0.6) is 0 Å². The van der Waals surface area contributed by atoms with E-state index >= 15 is 0 Å². The standard InChI is InChI=1S/C6H16Ge/c1-2-3-4-5-6-7/h2-6H2,1,7H3. The molecule has 1 heteroatoms. The molecule has 0 aromatic heterocycles. The first kappa shape index (κ1) is 7.54. The van der Waals surface area contributed by atoms with Crippen LogP contribution in [0.2, 0.25) is 5.25 Å². The Morgan fingerprint density at radius 3 is 2.29 bits per heavy atom. The van der Waals surface area contributed by atoms with Gasteiger partial charge in [0, 0.05) is 0 Å². The summed E-state index contributed by atoms with van der Waals surface area (Å²) < 4.78 is 0. The molecular weight excluding hydrogens is 145 g/mol. The Balaban J connectivity index is 2.45. The van der Waals surface area contributed by atoms with Crippen molar-refractivity contribution in [1.82, 2.24) is 0 Å². The predicted octanol–water partition coefficient (Wildman–Crippen LogP) is 1.35.